The molecule has 0 heterocycles. The van der Waals surface area contributed by atoms with E-state index in [9.17, 15) is 8.78 Å². The van der Waals surface area contributed by atoms with Gasteiger partial charge in [0.05, 0.1) is 0 Å². The molecule has 2 heteroatoms. The van der Waals surface area contributed by atoms with Crippen LogP contribution in [0.3, 0.4) is 0 Å². The monoisotopic (exact) mass is 290 g/mol. The lowest BCUT2D eigenvalue weighted by molar-refractivity contribution is 0.586. The maximum atomic E-state index is 14.4. The minimum Gasteiger partial charge on any atom is -0.207 e. The van der Waals surface area contributed by atoms with Gasteiger partial charge in [0.1, 0.15) is 11.6 Å². The molecule has 0 nitrogen and oxygen atoms in total. The maximum absolute atomic E-state index is 14.4. The molecule has 0 atom stereocenters. The van der Waals surface area contributed by atoms with Crippen molar-refractivity contribution in [1.82, 2.24) is 0 Å². The molecule has 4 aromatic rings. The number of hydrogen-bond acceptors (Lipinski definition) is 0. The Morgan fingerprint density at radius 2 is 1.18 bits per heavy atom. The summed E-state index contributed by atoms with van der Waals surface area (Å²) in [7, 11) is 0. The summed E-state index contributed by atoms with van der Waals surface area (Å²) in [6.45, 7) is 0. The van der Waals surface area contributed by atoms with Gasteiger partial charge in [-0.2, -0.15) is 0 Å². The Bertz CT molecular complexity index is 949. The molecule has 0 aliphatic carbocycles. The van der Waals surface area contributed by atoms with Crippen LogP contribution in [0, 0.1) is 11.6 Å². The van der Waals surface area contributed by atoms with Crippen LogP contribution in [-0.4, -0.2) is 0 Å². The fourth-order valence-corrected chi connectivity index (χ4v) is 3.00. The molecule has 4 rings (SSSR count). The Balaban J connectivity index is 2.21. The predicted molar refractivity (Wildman–Crippen MR) is 86.8 cm³/mol. The topological polar surface area (TPSA) is 0 Å². The summed E-state index contributed by atoms with van der Waals surface area (Å²) < 4.78 is 27.6. The average molecular weight is 290 g/mol. The van der Waals surface area contributed by atoms with Gasteiger partial charge in [-0.15, -0.1) is 0 Å². The summed E-state index contributed by atoms with van der Waals surface area (Å²) in [4.78, 5) is 0. The maximum Gasteiger partial charge on any atom is 0.133 e. The van der Waals surface area contributed by atoms with Gasteiger partial charge in [-0.3, -0.25) is 0 Å². The Labute approximate surface area is 126 Å². The van der Waals surface area contributed by atoms with E-state index in [2.05, 4.69) is 6.07 Å². The Morgan fingerprint density at radius 1 is 0.591 bits per heavy atom. The van der Waals surface area contributed by atoms with Gasteiger partial charge in [0, 0.05) is 17.2 Å². The zero-order valence-corrected chi connectivity index (χ0v) is 11.7. The van der Waals surface area contributed by atoms with Crippen molar-refractivity contribution in [2.75, 3.05) is 0 Å². The van der Waals surface area contributed by atoms with Gasteiger partial charge in [-0.1, -0.05) is 48.5 Å². The van der Waals surface area contributed by atoms with Gasteiger partial charge in [-0.25, -0.2) is 8.78 Å². The molecule has 0 bridgehead atoms. The van der Waals surface area contributed by atoms with Crippen LogP contribution in [0.2, 0.25) is 0 Å². The van der Waals surface area contributed by atoms with Crippen molar-refractivity contribution in [2.24, 2.45) is 0 Å². The van der Waals surface area contributed by atoms with E-state index < -0.39 is 11.6 Å². The van der Waals surface area contributed by atoms with Crippen molar-refractivity contribution < 1.29 is 8.78 Å². The number of benzene rings is 4. The minimum absolute atomic E-state index is 0.425. The summed E-state index contributed by atoms with van der Waals surface area (Å²) >= 11 is 0. The Hall–Kier alpha value is -2.74. The summed E-state index contributed by atoms with van der Waals surface area (Å²) in [6, 6.07) is 21.6. The second kappa shape index (κ2) is 4.92. The normalized spacial score (nSPS) is 11.2. The predicted octanol–water partition coefficient (Wildman–Crippen LogP) is 5.94. The standard InChI is InChI=1S/C20H12F2/c21-15-9-10-18(19(22)12-15)20-16-7-3-1-5-13(16)11-14-6-2-4-8-17(14)20/h1-12H. The molecular weight excluding hydrogens is 278 g/mol. The smallest absolute Gasteiger partial charge is 0.133 e. The van der Waals surface area contributed by atoms with Crippen LogP contribution in [0.5, 0.6) is 0 Å². The molecular formula is C20H12F2. The Morgan fingerprint density at radius 3 is 1.77 bits per heavy atom. The molecule has 0 aliphatic heterocycles. The van der Waals surface area contributed by atoms with Crippen molar-refractivity contribution in [2.45, 2.75) is 0 Å². The molecule has 0 saturated heterocycles. The highest BCUT2D eigenvalue weighted by Crippen LogP contribution is 2.37. The van der Waals surface area contributed by atoms with Crippen LogP contribution < -0.4 is 0 Å². The van der Waals surface area contributed by atoms with E-state index in [1.54, 1.807) is 0 Å². The molecule has 0 radical (unpaired) electrons. The minimum atomic E-state index is -0.564. The van der Waals surface area contributed by atoms with E-state index in [1.165, 1.54) is 12.1 Å². The van der Waals surface area contributed by atoms with E-state index in [0.717, 1.165) is 33.2 Å². The summed E-state index contributed by atoms with van der Waals surface area (Å²) in [6.07, 6.45) is 0. The van der Waals surface area contributed by atoms with E-state index in [1.807, 2.05) is 48.5 Å². The number of halogens is 2. The van der Waals surface area contributed by atoms with E-state index in [-0.39, 0.29) is 0 Å². The van der Waals surface area contributed by atoms with Crippen LogP contribution in [-0.2, 0) is 0 Å². The molecule has 0 saturated carbocycles. The summed E-state index contributed by atoms with van der Waals surface area (Å²) in [5.74, 6) is -1.10. The number of hydrogen-bond donors (Lipinski definition) is 0. The zero-order valence-electron chi connectivity index (χ0n) is 11.7. The molecule has 0 N–H and O–H groups in total. The lowest BCUT2D eigenvalue weighted by Crippen LogP contribution is -1.90. The number of rotatable bonds is 1. The third-order valence-electron chi connectivity index (χ3n) is 3.97. The lowest BCUT2D eigenvalue weighted by Gasteiger charge is -2.12. The van der Waals surface area contributed by atoms with Gasteiger partial charge in [0.2, 0.25) is 0 Å². The molecule has 4 aromatic carbocycles. The molecule has 0 spiro atoms. The van der Waals surface area contributed by atoms with Gasteiger partial charge in [0.15, 0.2) is 0 Å². The third kappa shape index (κ3) is 1.96. The molecule has 0 aromatic heterocycles. The van der Waals surface area contributed by atoms with Crippen LogP contribution in [0.25, 0.3) is 32.7 Å². The van der Waals surface area contributed by atoms with Crippen LogP contribution in [0.1, 0.15) is 0 Å². The Kier molecular flexibility index (Phi) is 2.90. The molecule has 22 heavy (non-hydrogen) atoms. The van der Waals surface area contributed by atoms with Crippen molar-refractivity contribution in [3.05, 3.63) is 84.4 Å². The van der Waals surface area contributed by atoms with Crippen LogP contribution in [0.15, 0.2) is 72.8 Å². The van der Waals surface area contributed by atoms with Crippen molar-refractivity contribution in [1.29, 1.82) is 0 Å². The van der Waals surface area contributed by atoms with Crippen molar-refractivity contribution >= 4 is 21.5 Å². The zero-order chi connectivity index (χ0) is 15.1. The summed E-state index contributed by atoms with van der Waals surface area (Å²) in [5.41, 5.74) is 1.24. The molecule has 0 unspecified atom stereocenters. The van der Waals surface area contributed by atoms with Gasteiger partial charge in [-0.05, 0) is 39.7 Å². The first-order chi connectivity index (χ1) is 10.7. The van der Waals surface area contributed by atoms with E-state index in [4.69, 9.17) is 0 Å². The highest BCUT2D eigenvalue weighted by Gasteiger charge is 2.13. The SMILES string of the molecule is Fc1ccc(-c2c3ccccc3cc3ccccc23)c(F)c1. The fraction of sp³-hybridized carbons (Fsp3) is 0. The summed E-state index contributed by atoms with van der Waals surface area (Å²) in [5, 5.41) is 4.01. The average Bonchev–Trinajstić information content (AvgIpc) is 2.53. The van der Waals surface area contributed by atoms with E-state index >= 15 is 0 Å². The second-order valence-corrected chi connectivity index (χ2v) is 5.32. The second-order valence-electron chi connectivity index (χ2n) is 5.32. The molecule has 0 fully saturated rings. The van der Waals surface area contributed by atoms with Crippen molar-refractivity contribution in [3.8, 4) is 11.1 Å². The van der Waals surface area contributed by atoms with Crippen LogP contribution in [0.4, 0.5) is 8.78 Å². The third-order valence-corrected chi connectivity index (χ3v) is 3.97. The highest BCUT2D eigenvalue weighted by molar-refractivity contribution is 6.12. The lowest BCUT2D eigenvalue weighted by atomic mass is 9.92. The molecule has 0 aliphatic rings. The van der Waals surface area contributed by atoms with Crippen molar-refractivity contribution in [3.63, 3.8) is 0 Å². The number of fused-ring (bicyclic) bond motifs is 2. The highest BCUT2D eigenvalue weighted by atomic mass is 19.1. The quantitative estimate of drug-likeness (QED) is 0.381. The first kappa shape index (κ1) is 13.0. The molecule has 0 amide bonds. The van der Waals surface area contributed by atoms with Crippen LogP contribution >= 0.6 is 0 Å². The van der Waals surface area contributed by atoms with Gasteiger partial charge < -0.3 is 0 Å². The largest absolute Gasteiger partial charge is 0.207 e. The molecule has 106 valence electrons. The fourth-order valence-electron chi connectivity index (χ4n) is 3.00. The first-order valence-corrected chi connectivity index (χ1v) is 7.10. The van der Waals surface area contributed by atoms with E-state index in [0.29, 0.717) is 5.56 Å². The first-order valence-electron chi connectivity index (χ1n) is 7.10. The van der Waals surface area contributed by atoms with Gasteiger partial charge in [0.25, 0.3) is 0 Å². The van der Waals surface area contributed by atoms with Gasteiger partial charge >= 0.3 is 0 Å².